The summed E-state index contributed by atoms with van der Waals surface area (Å²) in [6.07, 6.45) is 0.852. The minimum absolute atomic E-state index is 0.0536. The van der Waals surface area contributed by atoms with E-state index in [1.807, 2.05) is 13.8 Å². The van der Waals surface area contributed by atoms with Crippen LogP contribution in [-0.4, -0.2) is 30.6 Å². The van der Waals surface area contributed by atoms with Crippen molar-refractivity contribution in [2.24, 2.45) is 5.41 Å². The van der Waals surface area contributed by atoms with Crippen molar-refractivity contribution >= 4 is 17.4 Å². The van der Waals surface area contributed by atoms with Crippen LogP contribution >= 0.6 is 0 Å². The van der Waals surface area contributed by atoms with Gasteiger partial charge in [-0.3, -0.25) is 14.9 Å². The predicted molar refractivity (Wildman–Crippen MR) is 105 cm³/mol. The molecule has 2 heterocycles. The topological polar surface area (TPSA) is 117 Å². The molecule has 30 heavy (non-hydrogen) atoms. The monoisotopic (exact) mass is 414 g/mol. The first-order valence-electron chi connectivity index (χ1n) is 9.53. The second-order valence-electron chi connectivity index (χ2n) is 8.44. The highest BCUT2D eigenvalue weighted by Crippen LogP contribution is 2.50. The van der Waals surface area contributed by atoms with Crippen molar-refractivity contribution in [2.45, 2.75) is 39.5 Å². The number of rotatable bonds is 3. The van der Waals surface area contributed by atoms with E-state index in [9.17, 15) is 19.7 Å². The number of nitro groups is 1. The van der Waals surface area contributed by atoms with Gasteiger partial charge in [-0.05, 0) is 24.8 Å². The molecule has 158 valence electrons. The number of nitrogens with one attached hydrogen (secondary N) is 1. The summed E-state index contributed by atoms with van der Waals surface area (Å²) in [6.45, 7) is 5.63. The van der Waals surface area contributed by atoms with Gasteiger partial charge < -0.3 is 19.5 Å². The Balaban J connectivity index is 1.99. The van der Waals surface area contributed by atoms with E-state index < -0.39 is 16.8 Å². The third-order valence-electron chi connectivity index (χ3n) is 5.67. The van der Waals surface area contributed by atoms with Crippen molar-refractivity contribution in [3.63, 3.8) is 0 Å². The van der Waals surface area contributed by atoms with E-state index in [0.717, 1.165) is 0 Å². The highest BCUT2D eigenvalue weighted by molar-refractivity contribution is 6.04. The Morgan fingerprint density at radius 2 is 1.93 bits per heavy atom. The van der Waals surface area contributed by atoms with Crippen LogP contribution in [0.2, 0.25) is 0 Å². The highest BCUT2D eigenvalue weighted by atomic mass is 16.7. The number of carbonyl (C=O) groups excluding carboxylic acids is 2. The molecular formula is C21H22N2O7. The molecule has 0 bridgehead atoms. The fourth-order valence-electron chi connectivity index (χ4n) is 4.46. The van der Waals surface area contributed by atoms with Gasteiger partial charge in [0.15, 0.2) is 17.3 Å². The van der Waals surface area contributed by atoms with Crippen molar-refractivity contribution in [3.8, 4) is 11.5 Å². The quantitative estimate of drug-likeness (QED) is 0.456. The van der Waals surface area contributed by atoms with E-state index >= 15 is 0 Å². The molecule has 0 saturated carbocycles. The van der Waals surface area contributed by atoms with Gasteiger partial charge in [0, 0.05) is 29.0 Å². The lowest BCUT2D eigenvalue weighted by molar-refractivity contribution is -0.385. The maximum Gasteiger partial charge on any atom is 0.336 e. The number of nitrogens with zero attached hydrogens (tertiary/aromatic N) is 1. The second kappa shape index (κ2) is 6.86. The highest BCUT2D eigenvalue weighted by Gasteiger charge is 2.45. The average molecular weight is 414 g/mol. The van der Waals surface area contributed by atoms with Crippen LogP contribution in [0, 0.1) is 15.5 Å². The number of benzene rings is 1. The molecule has 0 spiro atoms. The van der Waals surface area contributed by atoms with Gasteiger partial charge in [-0.2, -0.15) is 0 Å². The maximum absolute atomic E-state index is 13.2. The Kier molecular flexibility index (Phi) is 4.56. The molecule has 0 amide bonds. The number of hydrogen-bond acceptors (Lipinski definition) is 8. The molecule has 1 atom stereocenters. The van der Waals surface area contributed by atoms with Crippen molar-refractivity contribution in [2.75, 3.05) is 13.9 Å². The number of ketones is 1. The van der Waals surface area contributed by atoms with Crippen LogP contribution in [0.1, 0.15) is 45.1 Å². The second-order valence-corrected chi connectivity index (χ2v) is 8.44. The molecule has 3 aliphatic rings. The van der Waals surface area contributed by atoms with Gasteiger partial charge in [0.1, 0.15) is 0 Å². The van der Waals surface area contributed by atoms with Crippen LogP contribution in [0.5, 0.6) is 11.5 Å². The van der Waals surface area contributed by atoms with E-state index in [-0.39, 0.29) is 47.0 Å². The molecule has 9 heteroatoms. The molecule has 0 unspecified atom stereocenters. The summed E-state index contributed by atoms with van der Waals surface area (Å²) in [6, 6.07) is 2.77. The van der Waals surface area contributed by atoms with Gasteiger partial charge in [0.05, 0.1) is 29.6 Å². The fraction of sp³-hybridized carbons (Fsp3) is 0.429. The zero-order valence-corrected chi connectivity index (χ0v) is 17.2. The standard InChI is InChI=1S/C21H22N2O7/c1-10-17(20(25)28-4)18(19-12(22-10)7-21(2,3)8-14(19)24)11-5-15-16(30-9-29-15)6-13(11)23(26)27/h5-6,18,22H,7-9H2,1-4H3/t18-/m1/s1. The van der Waals surface area contributed by atoms with Crippen LogP contribution in [0.25, 0.3) is 0 Å². The lowest BCUT2D eigenvalue weighted by atomic mass is 9.68. The summed E-state index contributed by atoms with van der Waals surface area (Å²) in [4.78, 5) is 37.3. The number of methoxy groups -OCH3 is 1. The minimum Gasteiger partial charge on any atom is -0.466 e. The SMILES string of the molecule is COC(=O)C1=C(C)NC2=C(C(=O)CC(C)(C)C2)[C@@H]1c1cc2c(cc1[N+](=O)[O-])OCO2. The van der Waals surface area contributed by atoms with Crippen LogP contribution in [0.4, 0.5) is 5.69 Å². The number of dihydropyridines is 1. The molecule has 1 N–H and O–H groups in total. The first-order chi connectivity index (χ1) is 14.1. The number of fused-ring (bicyclic) bond motifs is 1. The van der Waals surface area contributed by atoms with E-state index in [1.54, 1.807) is 6.92 Å². The van der Waals surface area contributed by atoms with Crippen LogP contribution in [-0.2, 0) is 14.3 Å². The van der Waals surface area contributed by atoms with Crippen molar-refractivity contribution in [1.29, 1.82) is 0 Å². The van der Waals surface area contributed by atoms with E-state index in [2.05, 4.69) is 5.32 Å². The molecule has 4 rings (SSSR count). The molecule has 0 radical (unpaired) electrons. The van der Waals surface area contributed by atoms with Gasteiger partial charge in [-0.1, -0.05) is 13.8 Å². The molecule has 0 saturated heterocycles. The van der Waals surface area contributed by atoms with Gasteiger partial charge in [0.25, 0.3) is 5.69 Å². The zero-order chi connectivity index (χ0) is 21.8. The summed E-state index contributed by atoms with van der Waals surface area (Å²) in [5.74, 6) is -1.15. The predicted octanol–water partition coefficient (Wildman–Crippen LogP) is 3.10. The van der Waals surface area contributed by atoms with Crippen molar-refractivity contribution in [1.82, 2.24) is 5.32 Å². The normalized spacial score (nSPS) is 21.9. The van der Waals surface area contributed by atoms with Crippen LogP contribution in [0.3, 0.4) is 0 Å². The van der Waals surface area contributed by atoms with Crippen LogP contribution in [0.15, 0.2) is 34.7 Å². The number of nitro benzene ring substituents is 1. The third-order valence-corrected chi connectivity index (χ3v) is 5.67. The molecule has 0 fully saturated rings. The Morgan fingerprint density at radius 3 is 2.57 bits per heavy atom. The maximum atomic E-state index is 13.2. The van der Waals surface area contributed by atoms with Crippen molar-refractivity contribution < 1.29 is 28.7 Å². The lowest BCUT2D eigenvalue weighted by Gasteiger charge is -2.39. The third kappa shape index (κ3) is 3.10. The average Bonchev–Trinajstić information content (AvgIpc) is 3.11. The molecule has 9 nitrogen and oxygen atoms in total. The summed E-state index contributed by atoms with van der Waals surface area (Å²) in [5, 5.41) is 15.1. The first kappa shape index (κ1) is 19.9. The van der Waals surface area contributed by atoms with E-state index in [4.69, 9.17) is 14.2 Å². The van der Waals surface area contributed by atoms with Gasteiger partial charge in [-0.15, -0.1) is 0 Å². The Morgan fingerprint density at radius 1 is 1.27 bits per heavy atom. The minimum atomic E-state index is -0.938. The molecule has 1 aromatic rings. The smallest absolute Gasteiger partial charge is 0.336 e. The molecule has 1 aromatic carbocycles. The molecular weight excluding hydrogens is 392 g/mol. The molecule has 1 aliphatic carbocycles. The zero-order valence-electron chi connectivity index (χ0n) is 17.2. The van der Waals surface area contributed by atoms with Crippen LogP contribution < -0.4 is 14.8 Å². The lowest BCUT2D eigenvalue weighted by Crippen LogP contribution is -2.38. The summed E-state index contributed by atoms with van der Waals surface area (Å²) < 4.78 is 15.7. The molecule has 2 aliphatic heterocycles. The number of esters is 1. The Bertz CT molecular complexity index is 1050. The largest absolute Gasteiger partial charge is 0.466 e. The summed E-state index contributed by atoms with van der Waals surface area (Å²) >= 11 is 0. The number of allylic oxidation sites excluding steroid dienone is 3. The number of carbonyl (C=O) groups is 2. The number of hydrogen-bond donors (Lipinski definition) is 1. The van der Waals surface area contributed by atoms with Crippen molar-refractivity contribution in [3.05, 3.63) is 50.4 Å². The number of Topliss-reactive ketones (excluding diaryl/α,β-unsaturated/α-hetero) is 1. The summed E-state index contributed by atoms with van der Waals surface area (Å²) in [5.41, 5.74) is 1.41. The van der Waals surface area contributed by atoms with Gasteiger partial charge in [0.2, 0.25) is 6.79 Å². The van der Waals surface area contributed by atoms with E-state index in [1.165, 1.54) is 19.2 Å². The fourth-order valence-corrected chi connectivity index (χ4v) is 4.46. The first-order valence-corrected chi connectivity index (χ1v) is 9.53. The summed E-state index contributed by atoms with van der Waals surface area (Å²) in [7, 11) is 1.24. The molecule has 0 aromatic heterocycles. The van der Waals surface area contributed by atoms with Gasteiger partial charge >= 0.3 is 5.97 Å². The Labute approximate surface area is 172 Å². The Hall–Kier alpha value is -3.36. The van der Waals surface area contributed by atoms with E-state index in [0.29, 0.717) is 29.1 Å². The number of ether oxygens (including phenoxy) is 3. The van der Waals surface area contributed by atoms with Gasteiger partial charge in [-0.25, -0.2) is 4.79 Å².